The van der Waals surface area contributed by atoms with Gasteiger partial charge in [-0.05, 0) is 35.4 Å². The monoisotopic (exact) mass is 461 g/mol. The Morgan fingerprint density at radius 1 is 0.943 bits per heavy atom. The van der Waals surface area contributed by atoms with E-state index in [1.165, 1.54) is 0 Å². The van der Waals surface area contributed by atoms with Crippen molar-refractivity contribution < 1.29 is 4.79 Å². The fraction of sp³-hybridized carbons (Fsp3) is 0.138. The third kappa shape index (κ3) is 4.92. The molecule has 6 heteroatoms. The van der Waals surface area contributed by atoms with E-state index in [0.717, 1.165) is 45.5 Å². The molecular weight excluding hydrogens is 434 g/mol. The molecule has 0 aliphatic rings. The molecule has 35 heavy (non-hydrogen) atoms. The molecule has 174 valence electrons. The highest BCUT2D eigenvalue weighted by atomic mass is 16.1. The zero-order valence-corrected chi connectivity index (χ0v) is 19.6. The van der Waals surface area contributed by atoms with Crippen LogP contribution >= 0.6 is 0 Å². The van der Waals surface area contributed by atoms with Crippen LogP contribution in [-0.4, -0.2) is 27.4 Å². The van der Waals surface area contributed by atoms with Crippen molar-refractivity contribution >= 4 is 22.5 Å². The van der Waals surface area contributed by atoms with Gasteiger partial charge in [0.1, 0.15) is 5.82 Å². The van der Waals surface area contributed by atoms with Crippen LogP contribution in [0.1, 0.15) is 28.5 Å². The summed E-state index contributed by atoms with van der Waals surface area (Å²) in [6.45, 7) is 3.88. The summed E-state index contributed by atoms with van der Waals surface area (Å²) in [6, 6.07) is 26.0. The third-order valence-corrected chi connectivity index (χ3v) is 6.12. The van der Waals surface area contributed by atoms with Crippen LogP contribution in [0, 0.1) is 0 Å². The topological polar surface area (TPSA) is 73.9 Å². The fourth-order valence-corrected chi connectivity index (χ4v) is 4.31. The van der Waals surface area contributed by atoms with Gasteiger partial charge in [-0.3, -0.25) is 4.79 Å². The van der Waals surface area contributed by atoms with Crippen LogP contribution in [-0.2, 0) is 13.1 Å². The first-order valence-corrected chi connectivity index (χ1v) is 11.8. The molecule has 0 atom stereocenters. The largest absolute Gasteiger partial charge is 0.351 e. The second kappa shape index (κ2) is 10.2. The lowest BCUT2D eigenvalue weighted by atomic mass is 10.0. The van der Waals surface area contributed by atoms with Gasteiger partial charge in [0, 0.05) is 42.2 Å². The van der Waals surface area contributed by atoms with E-state index in [4.69, 9.17) is 4.98 Å². The van der Waals surface area contributed by atoms with Gasteiger partial charge in [0.25, 0.3) is 5.91 Å². The Kier molecular flexibility index (Phi) is 6.52. The summed E-state index contributed by atoms with van der Waals surface area (Å²) >= 11 is 0. The number of rotatable bonds is 8. The number of carbonyl (C=O) groups excluding carboxylic acids is 1. The standard InChI is InChI=1S/C29H27N5O/c1-2-34(19-25-18-30-20-33-25)28-24(15-23(16-31-28)21-9-4-3-5-10-21)17-32-29(35)27-14-8-12-22-11-6-7-13-26(22)27/h3-16,18,20H,2,17,19H2,1H3,(H,30,33)(H,32,35). The van der Waals surface area contributed by atoms with E-state index in [1.807, 2.05) is 73.1 Å². The molecule has 3 aromatic carbocycles. The Bertz CT molecular complexity index is 1430. The van der Waals surface area contributed by atoms with E-state index in [2.05, 4.69) is 45.3 Å². The molecule has 6 nitrogen and oxygen atoms in total. The molecule has 2 N–H and O–H groups in total. The average molecular weight is 462 g/mol. The molecule has 0 bridgehead atoms. The summed E-state index contributed by atoms with van der Waals surface area (Å²) in [7, 11) is 0. The normalized spacial score (nSPS) is 10.9. The minimum absolute atomic E-state index is 0.102. The van der Waals surface area contributed by atoms with Gasteiger partial charge in [-0.15, -0.1) is 0 Å². The molecule has 0 fully saturated rings. The summed E-state index contributed by atoms with van der Waals surface area (Å²) < 4.78 is 0. The van der Waals surface area contributed by atoms with Crippen LogP contribution in [0.5, 0.6) is 0 Å². The van der Waals surface area contributed by atoms with Crippen LogP contribution in [0.3, 0.4) is 0 Å². The molecule has 2 heterocycles. The van der Waals surface area contributed by atoms with Crippen LogP contribution in [0.15, 0.2) is 97.6 Å². The van der Waals surface area contributed by atoms with E-state index in [-0.39, 0.29) is 5.91 Å². The number of amides is 1. The number of hydrogen-bond donors (Lipinski definition) is 2. The Morgan fingerprint density at radius 2 is 1.74 bits per heavy atom. The van der Waals surface area contributed by atoms with E-state index < -0.39 is 0 Å². The number of anilines is 1. The Balaban J connectivity index is 1.46. The SMILES string of the molecule is CCN(Cc1cnc[nH]1)c1ncc(-c2ccccc2)cc1CNC(=O)c1cccc2ccccc12. The summed E-state index contributed by atoms with van der Waals surface area (Å²) in [5.41, 5.74) is 4.74. The molecule has 2 aromatic heterocycles. The number of aromatic nitrogens is 3. The third-order valence-electron chi connectivity index (χ3n) is 6.12. The number of imidazole rings is 1. The zero-order chi connectivity index (χ0) is 24.0. The van der Waals surface area contributed by atoms with Crippen molar-refractivity contribution in [3.63, 3.8) is 0 Å². The molecule has 0 saturated heterocycles. The first-order valence-electron chi connectivity index (χ1n) is 11.8. The van der Waals surface area contributed by atoms with Crippen LogP contribution in [0.4, 0.5) is 5.82 Å². The van der Waals surface area contributed by atoms with Gasteiger partial charge >= 0.3 is 0 Å². The van der Waals surface area contributed by atoms with Gasteiger partial charge in [0.2, 0.25) is 0 Å². The summed E-state index contributed by atoms with van der Waals surface area (Å²) in [6.07, 6.45) is 5.40. The lowest BCUT2D eigenvalue weighted by Gasteiger charge is -2.24. The van der Waals surface area contributed by atoms with Crippen LogP contribution < -0.4 is 10.2 Å². The molecule has 0 aliphatic heterocycles. The quantitative estimate of drug-likeness (QED) is 0.316. The Hall–Kier alpha value is -4.45. The van der Waals surface area contributed by atoms with Crippen molar-refractivity contribution in [2.45, 2.75) is 20.0 Å². The number of pyridine rings is 1. The highest BCUT2D eigenvalue weighted by Crippen LogP contribution is 2.26. The Labute approximate surface area is 204 Å². The van der Waals surface area contributed by atoms with Gasteiger partial charge in [0.15, 0.2) is 0 Å². The number of H-pyrrole nitrogens is 1. The number of nitrogens with zero attached hydrogens (tertiary/aromatic N) is 3. The molecule has 0 unspecified atom stereocenters. The lowest BCUT2D eigenvalue weighted by molar-refractivity contribution is 0.0952. The molecule has 0 saturated carbocycles. The predicted molar refractivity (Wildman–Crippen MR) is 140 cm³/mol. The van der Waals surface area contributed by atoms with Crippen molar-refractivity contribution in [3.8, 4) is 11.1 Å². The highest BCUT2D eigenvalue weighted by Gasteiger charge is 2.16. The molecule has 0 radical (unpaired) electrons. The highest BCUT2D eigenvalue weighted by molar-refractivity contribution is 6.07. The fourth-order valence-electron chi connectivity index (χ4n) is 4.31. The van der Waals surface area contributed by atoms with E-state index in [0.29, 0.717) is 18.7 Å². The van der Waals surface area contributed by atoms with Crippen molar-refractivity contribution in [2.75, 3.05) is 11.4 Å². The zero-order valence-electron chi connectivity index (χ0n) is 19.6. The van der Waals surface area contributed by atoms with Gasteiger partial charge in [0.05, 0.1) is 18.6 Å². The summed E-state index contributed by atoms with van der Waals surface area (Å²) in [5, 5.41) is 5.13. The van der Waals surface area contributed by atoms with Gasteiger partial charge < -0.3 is 15.2 Å². The molecule has 5 rings (SSSR count). The van der Waals surface area contributed by atoms with Crippen LogP contribution in [0.2, 0.25) is 0 Å². The minimum atomic E-state index is -0.102. The maximum Gasteiger partial charge on any atom is 0.252 e. The second-order valence-corrected chi connectivity index (χ2v) is 8.37. The van der Waals surface area contributed by atoms with Crippen molar-refractivity contribution in [3.05, 3.63) is 114 Å². The molecular formula is C29H27N5O. The van der Waals surface area contributed by atoms with Crippen molar-refractivity contribution in [1.29, 1.82) is 0 Å². The second-order valence-electron chi connectivity index (χ2n) is 8.37. The van der Waals surface area contributed by atoms with E-state index >= 15 is 0 Å². The number of aromatic amines is 1. The van der Waals surface area contributed by atoms with E-state index in [9.17, 15) is 4.79 Å². The number of carbonyl (C=O) groups is 1. The van der Waals surface area contributed by atoms with Gasteiger partial charge in [-0.2, -0.15) is 0 Å². The smallest absolute Gasteiger partial charge is 0.252 e. The maximum absolute atomic E-state index is 13.2. The summed E-state index contributed by atoms with van der Waals surface area (Å²) in [5.74, 6) is 0.745. The first-order chi connectivity index (χ1) is 17.2. The Morgan fingerprint density at radius 3 is 2.54 bits per heavy atom. The lowest BCUT2D eigenvalue weighted by Crippen LogP contribution is -2.28. The van der Waals surface area contributed by atoms with Crippen molar-refractivity contribution in [1.82, 2.24) is 20.3 Å². The van der Waals surface area contributed by atoms with Gasteiger partial charge in [-0.1, -0.05) is 66.7 Å². The maximum atomic E-state index is 13.2. The average Bonchev–Trinajstić information content (AvgIpc) is 3.44. The number of nitrogens with one attached hydrogen (secondary N) is 2. The van der Waals surface area contributed by atoms with Crippen molar-refractivity contribution in [2.24, 2.45) is 0 Å². The van der Waals surface area contributed by atoms with E-state index in [1.54, 1.807) is 6.33 Å². The summed E-state index contributed by atoms with van der Waals surface area (Å²) in [4.78, 5) is 27.6. The molecule has 5 aromatic rings. The van der Waals surface area contributed by atoms with Gasteiger partial charge in [-0.25, -0.2) is 9.97 Å². The predicted octanol–water partition coefficient (Wildman–Crippen LogP) is 5.58. The number of hydrogen-bond acceptors (Lipinski definition) is 4. The molecule has 1 amide bonds. The first kappa shape index (κ1) is 22.3. The van der Waals surface area contributed by atoms with Crippen LogP contribution in [0.25, 0.3) is 21.9 Å². The minimum Gasteiger partial charge on any atom is -0.351 e. The number of benzene rings is 3. The number of fused-ring (bicyclic) bond motifs is 1. The molecule has 0 spiro atoms. The molecule has 0 aliphatic carbocycles.